The van der Waals surface area contributed by atoms with Crippen LogP contribution in [0.1, 0.15) is 50.5 Å². The number of thiophene rings is 1. The van der Waals surface area contributed by atoms with Gasteiger partial charge < -0.3 is 10.2 Å². The predicted octanol–water partition coefficient (Wildman–Crippen LogP) is 3.88. The summed E-state index contributed by atoms with van der Waals surface area (Å²) in [6, 6.07) is 3.10. The fraction of sp³-hybridized carbons (Fsp3) is 0.765. The Kier molecular flexibility index (Phi) is 4.79. The lowest BCUT2D eigenvalue weighted by molar-refractivity contribution is 0.113. The molecule has 20 heavy (non-hydrogen) atoms. The van der Waals surface area contributed by atoms with Gasteiger partial charge in [0, 0.05) is 25.7 Å². The highest BCUT2D eigenvalue weighted by molar-refractivity contribution is 7.07. The molecule has 0 unspecified atom stereocenters. The van der Waals surface area contributed by atoms with Crippen LogP contribution in [0.4, 0.5) is 0 Å². The van der Waals surface area contributed by atoms with Gasteiger partial charge in [0.1, 0.15) is 0 Å². The highest BCUT2D eigenvalue weighted by atomic mass is 32.1. The molecule has 2 aliphatic carbocycles. The van der Waals surface area contributed by atoms with Gasteiger partial charge in [-0.25, -0.2) is 0 Å². The first-order valence-electron chi connectivity index (χ1n) is 8.19. The van der Waals surface area contributed by atoms with Crippen molar-refractivity contribution < 1.29 is 0 Å². The highest BCUT2D eigenvalue weighted by Gasteiger charge is 2.34. The molecule has 1 aromatic heterocycles. The molecular weight excluding hydrogens is 264 g/mol. The Morgan fingerprint density at radius 3 is 2.75 bits per heavy atom. The van der Waals surface area contributed by atoms with E-state index in [1.54, 1.807) is 0 Å². The average Bonchev–Trinajstić information content (AvgIpc) is 3.15. The van der Waals surface area contributed by atoms with Crippen LogP contribution in [-0.4, -0.2) is 31.1 Å². The second-order valence-electron chi connectivity index (χ2n) is 7.02. The van der Waals surface area contributed by atoms with Gasteiger partial charge in [-0.15, -0.1) is 0 Å². The lowest BCUT2D eigenvalue weighted by Gasteiger charge is -2.40. The molecule has 0 bridgehead atoms. The van der Waals surface area contributed by atoms with Crippen LogP contribution in [-0.2, 0) is 6.54 Å². The average molecular weight is 292 g/mol. The molecular formula is C17H28N2S. The first-order valence-corrected chi connectivity index (χ1v) is 9.13. The summed E-state index contributed by atoms with van der Waals surface area (Å²) in [4.78, 5) is 2.54. The Bertz CT molecular complexity index is 391. The topological polar surface area (TPSA) is 15.3 Å². The van der Waals surface area contributed by atoms with Crippen molar-refractivity contribution in [2.75, 3.05) is 20.1 Å². The molecule has 0 spiro atoms. The van der Waals surface area contributed by atoms with Crippen molar-refractivity contribution in [2.24, 2.45) is 5.41 Å². The molecule has 2 fully saturated rings. The third kappa shape index (κ3) is 4.06. The number of hydrogen-bond acceptors (Lipinski definition) is 3. The minimum absolute atomic E-state index is 0.533. The lowest BCUT2D eigenvalue weighted by atomic mass is 9.73. The maximum atomic E-state index is 3.81. The maximum absolute atomic E-state index is 3.81. The van der Waals surface area contributed by atoms with Gasteiger partial charge >= 0.3 is 0 Å². The summed E-state index contributed by atoms with van der Waals surface area (Å²) in [7, 11) is 2.30. The number of rotatable bonds is 7. The van der Waals surface area contributed by atoms with Gasteiger partial charge in [-0.1, -0.05) is 19.3 Å². The van der Waals surface area contributed by atoms with Crippen molar-refractivity contribution in [3.05, 3.63) is 22.4 Å². The molecule has 3 rings (SSSR count). The van der Waals surface area contributed by atoms with Crippen LogP contribution in [0.5, 0.6) is 0 Å². The monoisotopic (exact) mass is 292 g/mol. The Hall–Kier alpha value is -0.380. The molecule has 0 saturated heterocycles. The Balaban J connectivity index is 1.56. The second-order valence-corrected chi connectivity index (χ2v) is 7.80. The van der Waals surface area contributed by atoms with E-state index in [9.17, 15) is 0 Å². The van der Waals surface area contributed by atoms with E-state index in [-0.39, 0.29) is 0 Å². The van der Waals surface area contributed by atoms with Crippen molar-refractivity contribution in [3.63, 3.8) is 0 Å². The van der Waals surface area contributed by atoms with Crippen molar-refractivity contribution in [1.82, 2.24) is 10.2 Å². The second kappa shape index (κ2) is 6.59. The predicted molar refractivity (Wildman–Crippen MR) is 87.2 cm³/mol. The van der Waals surface area contributed by atoms with Crippen molar-refractivity contribution in [3.8, 4) is 0 Å². The van der Waals surface area contributed by atoms with Gasteiger partial charge in [0.25, 0.3) is 0 Å². The molecule has 1 N–H and O–H groups in total. The highest BCUT2D eigenvalue weighted by Crippen LogP contribution is 2.37. The van der Waals surface area contributed by atoms with E-state index in [0.717, 1.165) is 12.6 Å². The van der Waals surface area contributed by atoms with E-state index < -0.39 is 0 Å². The maximum Gasteiger partial charge on any atom is 0.0239 e. The largest absolute Gasteiger partial charge is 0.313 e. The molecule has 0 atom stereocenters. The minimum atomic E-state index is 0.533. The van der Waals surface area contributed by atoms with Crippen molar-refractivity contribution in [2.45, 2.75) is 57.5 Å². The third-order valence-electron chi connectivity index (χ3n) is 4.90. The summed E-state index contributed by atoms with van der Waals surface area (Å²) in [6.45, 7) is 3.60. The van der Waals surface area contributed by atoms with E-state index >= 15 is 0 Å². The molecule has 3 heteroatoms. The SMILES string of the molecule is CN(Cc1ccsc1)CC1(CNC2CC2)CCCCC1. The smallest absolute Gasteiger partial charge is 0.0239 e. The summed E-state index contributed by atoms with van der Waals surface area (Å²) in [6.07, 6.45) is 9.94. The van der Waals surface area contributed by atoms with E-state index in [1.807, 2.05) is 11.3 Å². The zero-order valence-corrected chi connectivity index (χ0v) is 13.6. The standard InChI is InChI=1S/C17H28N2S/c1-19(11-15-7-10-20-12-15)14-17(8-3-2-4-9-17)13-18-16-5-6-16/h7,10,12,16,18H,2-6,8-9,11,13-14H2,1H3. The molecule has 2 aliphatic rings. The van der Waals surface area contributed by atoms with Crippen LogP contribution in [0.15, 0.2) is 16.8 Å². The van der Waals surface area contributed by atoms with Crippen LogP contribution in [0, 0.1) is 5.41 Å². The van der Waals surface area contributed by atoms with Crippen LogP contribution in [0.25, 0.3) is 0 Å². The van der Waals surface area contributed by atoms with Gasteiger partial charge in [0.15, 0.2) is 0 Å². The Labute approximate surface area is 127 Å². The van der Waals surface area contributed by atoms with Gasteiger partial charge in [0.2, 0.25) is 0 Å². The number of nitrogens with zero attached hydrogens (tertiary/aromatic N) is 1. The first kappa shape index (κ1) is 14.6. The van der Waals surface area contributed by atoms with E-state index in [4.69, 9.17) is 0 Å². The van der Waals surface area contributed by atoms with E-state index in [0.29, 0.717) is 5.41 Å². The molecule has 0 radical (unpaired) electrons. The summed E-state index contributed by atoms with van der Waals surface area (Å²) in [5, 5.41) is 8.28. The normalized spacial score (nSPS) is 22.3. The van der Waals surface area contributed by atoms with Crippen LogP contribution < -0.4 is 5.32 Å². The number of hydrogen-bond donors (Lipinski definition) is 1. The summed E-state index contributed by atoms with van der Waals surface area (Å²) < 4.78 is 0. The third-order valence-corrected chi connectivity index (χ3v) is 5.63. The Morgan fingerprint density at radius 2 is 2.10 bits per heavy atom. The molecule has 2 nitrogen and oxygen atoms in total. The zero-order valence-electron chi connectivity index (χ0n) is 12.7. The van der Waals surface area contributed by atoms with Crippen LogP contribution in [0.2, 0.25) is 0 Å². The molecule has 1 heterocycles. The van der Waals surface area contributed by atoms with Crippen molar-refractivity contribution >= 4 is 11.3 Å². The van der Waals surface area contributed by atoms with Crippen molar-refractivity contribution in [1.29, 1.82) is 0 Å². The van der Waals surface area contributed by atoms with E-state index in [1.165, 1.54) is 63.6 Å². The fourth-order valence-electron chi connectivity index (χ4n) is 3.66. The van der Waals surface area contributed by atoms with Gasteiger partial charge in [-0.3, -0.25) is 0 Å². The quantitative estimate of drug-likeness (QED) is 0.820. The Morgan fingerprint density at radius 1 is 1.30 bits per heavy atom. The van der Waals surface area contributed by atoms with Crippen LogP contribution in [0.3, 0.4) is 0 Å². The molecule has 0 aromatic carbocycles. The fourth-order valence-corrected chi connectivity index (χ4v) is 4.32. The lowest BCUT2D eigenvalue weighted by Crippen LogP contribution is -2.44. The minimum Gasteiger partial charge on any atom is -0.313 e. The molecule has 2 saturated carbocycles. The first-order chi connectivity index (χ1) is 9.76. The van der Waals surface area contributed by atoms with Gasteiger partial charge in [-0.2, -0.15) is 11.3 Å². The molecule has 0 amide bonds. The van der Waals surface area contributed by atoms with Crippen LogP contribution >= 0.6 is 11.3 Å². The molecule has 112 valence electrons. The zero-order chi connectivity index (χ0) is 13.8. The summed E-state index contributed by atoms with van der Waals surface area (Å²) in [5.41, 5.74) is 2.00. The van der Waals surface area contributed by atoms with E-state index in [2.05, 4.69) is 34.1 Å². The van der Waals surface area contributed by atoms with Gasteiger partial charge in [0.05, 0.1) is 0 Å². The molecule has 0 aliphatic heterocycles. The summed E-state index contributed by atoms with van der Waals surface area (Å²) in [5.74, 6) is 0. The van der Waals surface area contributed by atoms with Gasteiger partial charge in [-0.05, 0) is 60.5 Å². The summed E-state index contributed by atoms with van der Waals surface area (Å²) >= 11 is 1.81. The number of nitrogens with one attached hydrogen (secondary N) is 1. The molecule has 1 aromatic rings.